The minimum atomic E-state index is -0.749. The Hall–Kier alpha value is -2.41. The molecule has 3 N–H and O–H groups in total. The first-order chi connectivity index (χ1) is 14.2. The third-order valence-corrected chi connectivity index (χ3v) is 6.45. The molecule has 2 fully saturated rings. The van der Waals surface area contributed by atoms with Gasteiger partial charge in [0.05, 0.1) is 6.10 Å². The SMILES string of the molecule is CC[C@@H]1OCC(=O)[C@H]1NC(=O)[C@H](CC1(C)CCCC1)NC(=O)c1ccc(O)c(C)c1. The molecule has 0 bridgehead atoms. The van der Waals surface area contributed by atoms with E-state index in [0.717, 1.165) is 25.7 Å². The Morgan fingerprint density at radius 2 is 2.00 bits per heavy atom. The Morgan fingerprint density at radius 1 is 1.30 bits per heavy atom. The van der Waals surface area contributed by atoms with Gasteiger partial charge in [0.15, 0.2) is 5.78 Å². The first-order valence-corrected chi connectivity index (χ1v) is 10.8. The highest BCUT2D eigenvalue weighted by atomic mass is 16.5. The van der Waals surface area contributed by atoms with Crippen molar-refractivity contribution in [2.24, 2.45) is 5.41 Å². The highest BCUT2D eigenvalue weighted by Crippen LogP contribution is 2.41. The molecule has 0 aromatic heterocycles. The standard InChI is InChI=1S/C23H32N2O5/c1-4-19-20(18(27)13-30-19)25-22(29)16(12-23(3)9-5-6-10-23)24-21(28)15-7-8-17(26)14(2)11-15/h7-8,11,16,19-20,26H,4-6,9-10,12-13H2,1-3H3,(H,24,28)(H,25,29)/t16-,19-,20+/m0/s1. The average Bonchev–Trinajstić information content (AvgIpc) is 3.29. The van der Waals surface area contributed by atoms with Crippen molar-refractivity contribution in [3.8, 4) is 5.75 Å². The zero-order valence-electron chi connectivity index (χ0n) is 18.0. The van der Waals surface area contributed by atoms with Gasteiger partial charge in [-0.15, -0.1) is 0 Å². The third-order valence-electron chi connectivity index (χ3n) is 6.45. The van der Waals surface area contributed by atoms with Crippen molar-refractivity contribution < 1.29 is 24.2 Å². The Labute approximate surface area is 177 Å². The summed E-state index contributed by atoms with van der Waals surface area (Å²) in [4.78, 5) is 38.2. The number of phenols is 1. The number of carbonyl (C=O) groups excluding carboxylic acids is 3. The van der Waals surface area contributed by atoms with Gasteiger partial charge < -0.3 is 20.5 Å². The summed E-state index contributed by atoms with van der Waals surface area (Å²) in [5.74, 6) is -0.749. The van der Waals surface area contributed by atoms with Crippen molar-refractivity contribution in [1.29, 1.82) is 0 Å². The van der Waals surface area contributed by atoms with Crippen molar-refractivity contribution in [2.75, 3.05) is 6.61 Å². The second-order valence-corrected chi connectivity index (χ2v) is 8.96. The molecule has 2 aliphatic rings. The molecule has 3 rings (SSSR count). The van der Waals surface area contributed by atoms with E-state index in [1.54, 1.807) is 13.0 Å². The summed E-state index contributed by atoms with van der Waals surface area (Å²) in [5, 5.41) is 15.4. The Balaban J connectivity index is 1.77. The summed E-state index contributed by atoms with van der Waals surface area (Å²) in [5.41, 5.74) is 0.942. The molecule has 7 nitrogen and oxygen atoms in total. The number of Topliss-reactive ketones (excluding diaryl/α,β-unsaturated/α-hetero) is 1. The first-order valence-electron chi connectivity index (χ1n) is 10.8. The molecule has 1 aliphatic carbocycles. The summed E-state index contributed by atoms with van der Waals surface area (Å²) in [6, 6.07) is 3.18. The van der Waals surface area contributed by atoms with E-state index in [9.17, 15) is 19.5 Å². The molecule has 1 saturated carbocycles. The molecular weight excluding hydrogens is 384 g/mol. The number of nitrogens with one attached hydrogen (secondary N) is 2. The van der Waals surface area contributed by atoms with Crippen LogP contribution >= 0.6 is 0 Å². The Bertz CT molecular complexity index is 816. The van der Waals surface area contributed by atoms with Gasteiger partial charge in [0.1, 0.15) is 24.4 Å². The van der Waals surface area contributed by atoms with Crippen molar-refractivity contribution >= 4 is 17.6 Å². The minimum Gasteiger partial charge on any atom is -0.508 e. The third kappa shape index (κ3) is 5.01. The van der Waals surface area contributed by atoms with E-state index in [2.05, 4.69) is 17.6 Å². The van der Waals surface area contributed by atoms with Crippen LogP contribution in [0.3, 0.4) is 0 Å². The number of ether oxygens (including phenoxy) is 1. The molecule has 1 heterocycles. The number of aryl methyl sites for hydroxylation is 1. The summed E-state index contributed by atoms with van der Waals surface area (Å²) in [6.45, 7) is 5.78. The topological polar surface area (TPSA) is 105 Å². The van der Waals surface area contributed by atoms with E-state index in [0.29, 0.717) is 24.0 Å². The molecule has 0 spiro atoms. The van der Waals surface area contributed by atoms with Gasteiger partial charge in [-0.1, -0.05) is 26.7 Å². The van der Waals surface area contributed by atoms with Gasteiger partial charge >= 0.3 is 0 Å². The molecule has 164 valence electrons. The van der Waals surface area contributed by atoms with Crippen LogP contribution in [-0.2, 0) is 14.3 Å². The summed E-state index contributed by atoms with van der Waals surface area (Å²) < 4.78 is 5.46. The minimum absolute atomic E-state index is 0.00494. The predicted molar refractivity (Wildman–Crippen MR) is 112 cm³/mol. The van der Waals surface area contributed by atoms with Crippen LogP contribution in [0.5, 0.6) is 5.75 Å². The predicted octanol–water partition coefficient (Wildman–Crippen LogP) is 2.63. The highest BCUT2D eigenvalue weighted by Gasteiger charge is 2.39. The molecule has 7 heteroatoms. The molecular formula is C23H32N2O5. The highest BCUT2D eigenvalue weighted by molar-refractivity contribution is 5.99. The number of hydrogen-bond acceptors (Lipinski definition) is 5. The van der Waals surface area contributed by atoms with E-state index in [1.807, 2.05) is 6.92 Å². The lowest BCUT2D eigenvalue weighted by atomic mass is 9.81. The van der Waals surface area contributed by atoms with Gasteiger partial charge in [0.25, 0.3) is 5.91 Å². The number of amides is 2. The molecule has 2 amide bonds. The fraction of sp³-hybridized carbons (Fsp3) is 0.609. The van der Waals surface area contributed by atoms with Gasteiger partial charge in [0, 0.05) is 5.56 Å². The molecule has 1 aromatic carbocycles. The van der Waals surface area contributed by atoms with E-state index in [4.69, 9.17) is 4.74 Å². The summed E-state index contributed by atoms with van der Waals surface area (Å²) in [7, 11) is 0. The van der Waals surface area contributed by atoms with Gasteiger partial charge in [0.2, 0.25) is 5.91 Å². The number of carbonyl (C=O) groups is 3. The number of rotatable bonds is 7. The van der Waals surface area contributed by atoms with Crippen LogP contribution in [0, 0.1) is 12.3 Å². The van der Waals surface area contributed by atoms with E-state index < -0.39 is 12.1 Å². The monoisotopic (exact) mass is 416 g/mol. The average molecular weight is 417 g/mol. The zero-order chi connectivity index (χ0) is 21.9. The maximum atomic E-state index is 13.2. The summed E-state index contributed by atoms with van der Waals surface area (Å²) >= 11 is 0. The maximum absolute atomic E-state index is 13.2. The Kier molecular flexibility index (Phi) is 6.81. The van der Waals surface area contributed by atoms with E-state index in [1.165, 1.54) is 12.1 Å². The normalized spacial score (nSPS) is 23.9. The van der Waals surface area contributed by atoms with Gasteiger partial charge in [-0.3, -0.25) is 14.4 Å². The molecule has 3 atom stereocenters. The van der Waals surface area contributed by atoms with Crippen LogP contribution in [0.15, 0.2) is 18.2 Å². The molecule has 1 aromatic rings. The van der Waals surface area contributed by atoms with Crippen molar-refractivity contribution in [3.63, 3.8) is 0 Å². The fourth-order valence-electron chi connectivity index (χ4n) is 4.54. The second-order valence-electron chi connectivity index (χ2n) is 8.96. The van der Waals surface area contributed by atoms with Gasteiger partial charge in [-0.05, 0) is 61.8 Å². The lowest BCUT2D eigenvalue weighted by Gasteiger charge is -2.30. The van der Waals surface area contributed by atoms with Crippen LogP contribution < -0.4 is 10.6 Å². The fourth-order valence-corrected chi connectivity index (χ4v) is 4.54. The molecule has 0 radical (unpaired) electrons. The van der Waals surface area contributed by atoms with Crippen molar-refractivity contribution in [2.45, 2.75) is 77.5 Å². The quantitative estimate of drug-likeness (QED) is 0.634. The van der Waals surface area contributed by atoms with Crippen molar-refractivity contribution in [1.82, 2.24) is 10.6 Å². The number of benzene rings is 1. The summed E-state index contributed by atoms with van der Waals surface area (Å²) in [6.07, 6.45) is 5.05. The van der Waals surface area contributed by atoms with E-state index >= 15 is 0 Å². The first kappa shape index (κ1) is 22.3. The van der Waals surface area contributed by atoms with Crippen LogP contribution in [0.25, 0.3) is 0 Å². The number of phenolic OH excluding ortho intramolecular Hbond substituents is 1. The van der Waals surface area contributed by atoms with Crippen LogP contribution in [-0.4, -0.2) is 47.5 Å². The lowest BCUT2D eigenvalue weighted by molar-refractivity contribution is -0.128. The Morgan fingerprint density at radius 3 is 2.63 bits per heavy atom. The maximum Gasteiger partial charge on any atom is 0.251 e. The van der Waals surface area contributed by atoms with Gasteiger partial charge in [-0.2, -0.15) is 0 Å². The van der Waals surface area contributed by atoms with Crippen LogP contribution in [0.2, 0.25) is 0 Å². The van der Waals surface area contributed by atoms with Gasteiger partial charge in [-0.25, -0.2) is 0 Å². The van der Waals surface area contributed by atoms with Crippen LogP contribution in [0.1, 0.15) is 68.3 Å². The molecule has 1 aliphatic heterocycles. The molecule has 0 unspecified atom stereocenters. The van der Waals surface area contributed by atoms with E-state index in [-0.39, 0.29) is 41.5 Å². The van der Waals surface area contributed by atoms with Crippen LogP contribution in [0.4, 0.5) is 0 Å². The zero-order valence-corrected chi connectivity index (χ0v) is 18.0. The number of hydrogen-bond donors (Lipinski definition) is 3. The lowest BCUT2D eigenvalue weighted by Crippen LogP contribution is -2.54. The number of aromatic hydroxyl groups is 1. The molecule has 30 heavy (non-hydrogen) atoms. The van der Waals surface area contributed by atoms with Crippen molar-refractivity contribution in [3.05, 3.63) is 29.3 Å². The second kappa shape index (κ2) is 9.16. The smallest absolute Gasteiger partial charge is 0.251 e. The molecule has 1 saturated heterocycles. The largest absolute Gasteiger partial charge is 0.508 e. The number of ketones is 1.